The number of likely N-dealkylation sites (tertiary alicyclic amines) is 1. The molecule has 0 atom stereocenters. The number of thiophene rings is 1. The highest BCUT2D eigenvalue weighted by Gasteiger charge is 2.26. The van der Waals surface area contributed by atoms with Crippen LogP contribution >= 0.6 is 11.3 Å². The van der Waals surface area contributed by atoms with Crippen LogP contribution in [0.2, 0.25) is 0 Å². The summed E-state index contributed by atoms with van der Waals surface area (Å²) in [5, 5.41) is 9.26. The van der Waals surface area contributed by atoms with E-state index in [1.165, 1.54) is 0 Å². The summed E-state index contributed by atoms with van der Waals surface area (Å²) in [6, 6.07) is 14.8. The van der Waals surface area contributed by atoms with Crippen molar-refractivity contribution in [1.29, 1.82) is 0 Å². The molecule has 3 heterocycles. The summed E-state index contributed by atoms with van der Waals surface area (Å²) >= 11 is 1.63. The second-order valence-corrected chi connectivity index (χ2v) is 10.7. The van der Waals surface area contributed by atoms with E-state index in [9.17, 15) is 8.78 Å². The normalized spacial score (nSPS) is 14.4. The van der Waals surface area contributed by atoms with Crippen molar-refractivity contribution in [2.75, 3.05) is 32.9 Å². The summed E-state index contributed by atoms with van der Waals surface area (Å²) in [7, 11) is 0. The molecule has 1 aliphatic rings. The van der Waals surface area contributed by atoms with E-state index in [0.29, 0.717) is 12.4 Å². The first-order chi connectivity index (χ1) is 18.0. The molecule has 3 aromatic carbocycles. The van der Waals surface area contributed by atoms with Gasteiger partial charge in [0.1, 0.15) is 23.9 Å². The Kier molecular flexibility index (Phi) is 6.30. The number of fused-ring (bicyclic) bond motifs is 3. The number of nitrogens with one attached hydrogen (secondary N) is 1. The average Bonchev–Trinajstić information content (AvgIpc) is 3.46. The smallest absolute Gasteiger partial charge is 0.153 e. The fraction of sp³-hybridized carbons (Fsp3) is 0.276. The maximum absolute atomic E-state index is 14.1. The van der Waals surface area contributed by atoms with Gasteiger partial charge in [0, 0.05) is 46.6 Å². The average molecular weight is 520 g/mol. The van der Waals surface area contributed by atoms with Crippen molar-refractivity contribution in [3.8, 4) is 27.7 Å². The van der Waals surface area contributed by atoms with Crippen LogP contribution in [-0.2, 0) is 0 Å². The minimum Gasteiger partial charge on any atom is -0.492 e. The van der Waals surface area contributed by atoms with Crippen LogP contribution in [0.1, 0.15) is 11.1 Å². The molecule has 1 N–H and O–H groups in total. The molecule has 190 valence electrons. The Bertz CT molecular complexity index is 1550. The number of aromatic amines is 1. The Balaban J connectivity index is 1.29. The lowest BCUT2D eigenvalue weighted by molar-refractivity contribution is 0.0668. The minimum atomic E-state index is -0.244. The number of alkyl halides is 1. The molecule has 0 bridgehead atoms. The summed E-state index contributed by atoms with van der Waals surface area (Å²) in [5.41, 5.74) is 3.66. The van der Waals surface area contributed by atoms with E-state index in [2.05, 4.69) is 15.1 Å². The van der Waals surface area contributed by atoms with Gasteiger partial charge in [0.15, 0.2) is 5.75 Å². The summed E-state index contributed by atoms with van der Waals surface area (Å²) < 4.78 is 40.2. The van der Waals surface area contributed by atoms with Crippen LogP contribution < -0.4 is 9.47 Å². The van der Waals surface area contributed by atoms with Gasteiger partial charge < -0.3 is 9.47 Å². The first kappa shape index (κ1) is 23.9. The molecule has 5 aromatic rings. The largest absolute Gasteiger partial charge is 0.492 e. The van der Waals surface area contributed by atoms with E-state index in [0.717, 1.165) is 73.7 Å². The molecule has 2 aromatic heterocycles. The molecular weight excluding hydrogens is 492 g/mol. The lowest BCUT2D eigenvalue weighted by Crippen LogP contribution is -2.49. The van der Waals surface area contributed by atoms with Crippen molar-refractivity contribution in [2.45, 2.75) is 13.8 Å². The van der Waals surface area contributed by atoms with Gasteiger partial charge in [-0.2, -0.15) is 5.10 Å². The summed E-state index contributed by atoms with van der Waals surface area (Å²) in [5.74, 6) is 2.13. The molecule has 0 saturated carbocycles. The lowest BCUT2D eigenvalue weighted by Gasteiger charge is -2.37. The van der Waals surface area contributed by atoms with E-state index in [-0.39, 0.29) is 18.4 Å². The highest BCUT2D eigenvalue weighted by molar-refractivity contribution is 7.23. The van der Waals surface area contributed by atoms with Crippen LogP contribution in [0.25, 0.3) is 31.4 Å². The van der Waals surface area contributed by atoms with Crippen LogP contribution in [0.5, 0.6) is 17.2 Å². The number of aromatic nitrogens is 2. The van der Waals surface area contributed by atoms with E-state index in [1.54, 1.807) is 23.5 Å². The highest BCUT2D eigenvalue weighted by Crippen LogP contribution is 2.50. The molecule has 6 rings (SSSR count). The molecule has 0 spiro atoms. The van der Waals surface area contributed by atoms with Gasteiger partial charge in [-0.3, -0.25) is 14.4 Å². The van der Waals surface area contributed by atoms with Crippen LogP contribution in [0.4, 0.5) is 8.78 Å². The zero-order valence-corrected chi connectivity index (χ0v) is 21.5. The topological polar surface area (TPSA) is 50.4 Å². The van der Waals surface area contributed by atoms with Crippen molar-refractivity contribution in [3.63, 3.8) is 0 Å². The number of aryl methyl sites for hydroxylation is 2. The van der Waals surface area contributed by atoms with Crippen molar-refractivity contribution in [3.05, 3.63) is 71.7 Å². The number of halogens is 2. The van der Waals surface area contributed by atoms with Crippen molar-refractivity contribution in [1.82, 2.24) is 15.1 Å². The van der Waals surface area contributed by atoms with Gasteiger partial charge in [-0.15, -0.1) is 11.3 Å². The van der Waals surface area contributed by atoms with Gasteiger partial charge in [0.05, 0.1) is 23.3 Å². The van der Waals surface area contributed by atoms with E-state index in [1.807, 2.05) is 56.4 Å². The molecule has 37 heavy (non-hydrogen) atoms. The molecule has 1 saturated heterocycles. The third kappa shape index (κ3) is 4.55. The Morgan fingerprint density at radius 2 is 1.76 bits per heavy atom. The Morgan fingerprint density at radius 3 is 2.49 bits per heavy atom. The van der Waals surface area contributed by atoms with Crippen molar-refractivity contribution < 1.29 is 18.3 Å². The van der Waals surface area contributed by atoms with Gasteiger partial charge in [0.25, 0.3) is 0 Å². The van der Waals surface area contributed by atoms with Crippen LogP contribution in [-0.4, -0.2) is 48.0 Å². The number of rotatable bonds is 8. The van der Waals surface area contributed by atoms with Crippen molar-refractivity contribution in [2.24, 2.45) is 5.92 Å². The number of H-pyrrole nitrogens is 1. The standard InChI is InChI=1S/C29H27F2N3O2S/c1-17-11-20(31)12-18(2)26(17)29-27(23-7-8-25-24(14-32-33-25)28(23)37-29)36-22-5-3-21(4-6-22)35-10-9-34-15-19(13-30)16-34/h3-8,11-12,14,19H,9-10,13,15-16H2,1-2H3,(H,32,33). The molecule has 1 aliphatic heterocycles. The molecule has 0 radical (unpaired) electrons. The predicted molar refractivity (Wildman–Crippen MR) is 144 cm³/mol. The SMILES string of the molecule is Cc1cc(F)cc(C)c1-c1sc2c(ccc3[nH]ncc32)c1Oc1ccc(OCCN2CC(CF)C2)cc1. The third-order valence-electron chi connectivity index (χ3n) is 6.93. The molecule has 1 fully saturated rings. The molecule has 8 heteroatoms. The van der Waals surface area contributed by atoms with Crippen LogP contribution in [0, 0.1) is 25.6 Å². The maximum Gasteiger partial charge on any atom is 0.153 e. The number of benzene rings is 3. The highest BCUT2D eigenvalue weighted by atomic mass is 32.1. The predicted octanol–water partition coefficient (Wildman–Crippen LogP) is 7.27. The third-order valence-corrected chi connectivity index (χ3v) is 8.16. The molecule has 0 aliphatic carbocycles. The van der Waals surface area contributed by atoms with Gasteiger partial charge in [-0.1, -0.05) is 0 Å². The molecule has 0 amide bonds. The Morgan fingerprint density at radius 1 is 1.03 bits per heavy atom. The van der Waals surface area contributed by atoms with E-state index >= 15 is 0 Å². The Hall–Kier alpha value is -3.49. The quantitative estimate of drug-likeness (QED) is 0.234. The minimum absolute atomic E-state index is 0.182. The first-order valence-electron chi connectivity index (χ1n) is 12.3. The number of nitrogens with zero attached hydrogens (tertiary/aromatic N) is 2. The number of hydrogen-bond donors (Lipinski definition) is 1. The number of hydrogen-bond acceptors (Lipinski definition) is 5. The Labute approximate surface area is 217 Å². The summed E-state index contributed by atoms with van der Waals surface area (Å²) in [6.07, 6.45) is 1.83. The molecule has 0 unspecified atom stereocenters. The fourth-order valence-electron chi connectivity index (χ4n) is 5.06. The van der Waals surface area contributed by atoms with Gasteiger partial charge in [-0.25, -0.2) is 4.39 Å². The van der Waals surface area contributed by atoms with Gasteiger partial charge in [-0.05, 0) is 73.5 Å². The van der Waals surface area contributed by atoms with Crippen molar-refractivity contribution >= 4 is 32.3 Å². The van der Waals surface area contributed by atoms with Crippen LogP contribution in [0.15, 0.2) is 54.7 Å². The maximum atomic E-state index is 14.1. The second kappa shape index (κ2) is 9.76. The zero-order chi connectivity index (χ0) is 25.5. The monoisotopic (exact) mass is 519 g/mol. The van der Waals surface area contributed by atoms with E-state index in [4.69, 9.17) is 9.47 Å². The number of ether oxygens (including phenoxy) is 2. The summed E-state index contributed by atoms with van der Waals surface area (Å²) in [4.78, 5) is 3.15. The summed E-state index contributed by atoms with van der Waals surface area (Å²) in [6.45, 7) is 6.57. The van der Waals surface area contributed by atoms with Crippen LogP contribution in [0.3, 0.4) is 0 Å². The zero-order valence-electron chi connectivity index (χ0n) is 20.7. The second-order valence-electron chi connectivity index (χ2n) is 9.65. The lowest BCUT2D eigenvalue weighted by atomic mass is 10.00. The first-order valence-corrected chi connectivity index (χ1v) is 13.2. The molecular formula is C29H27F2N3O2S. The van der Waals surface area contributed by atoms with Gasteiger partial charge in [0.2, 0.25) is 0 Å². The van der Waals surface area contributed by atoms with E-state index < -0.39 is 0 Å². The fourth-order valence-corrected chi connectivity index (χ4v) is 6.47. The van der Waals surface area contributed by atoms with Gasteiger partial charge >= 0.3 is 0 Å². The molecule has 5 nitrogen and oxygen atoms in total.